The standard InChI is InChI=1S/C13H20ClN3O2S/c1-17-6-4-10(5-7-17)9-16-20(18,19)13-8-11(15)2-3-12(13)14/h2-3,8,10,16H,4-7,9,15H2,1H3. The molecular formula is C13H20ClN3O2S. The molecule has 112 valence electrons. The van der Waals surface area contributed by atoms with Crippen LogP contribution in [0.5, 0.6) is 0 Å². The Kier molecular flexibility index (Phi) is 4.90. The minimum atomic E-state index is -3.60. The van der Waals surface area contributed by atoms with E-state index in [1.807, 2.05) is 0 Å². The minimum absolute atomic E-state index is 0.0482. The average molecular weight is 318 g/mol. The van der Waals surface area contributed by atoms with Crippen LogP contribution in [0.2, 0.25) is 5.02 Å². The average Bonchev–Trinajstić information content (AvgIpc) is 2.41. The molecule has 0 saturated carbocycles. The summed E-state index contributed by atoms with van der Waals surface area (Å²) in [4.78, 5) is 2.30. The summed E-state index contributed by atoms with van der Waals surface area (Å²) in [6, 6.07) is 4.47. The summed E-state index contributed by atoms with van der Waals surface area (Å²) in [7, 11) is -1.53. The van der Waals surface area contributed by atoms with Gasteiger partial charge in [0.1, 0.15) is 4.90 Å². The van der Waals surface area contributed by atoms with Gasteiger partial charge in [-0.05, 0) is 57.1 Å². The fraction of sp³-hybridized carbons (Fsp3) is 0.538. The Hall–Kier alpha value is -0.820. The molecule has 1 aromatic carbocycles. The van der Waals surface area contributed by atoms with Gasteiger partial charge in [-0.3, -0.25) is 0 Å². The number of nitrogens with one attached hydrogen (secondary N) is 1. The van der Waals surface area contributed by atoms with E-state index in [2.05, 4.69) is 16.7 Å². The number of rotatable bonds is 4. The number of nitrogens with zero attached hydrogens (tertiary/aromatic N) is 1. The molecule has 1 fully saturated rings. The Morgan fingerprint density at radius 3 is 2.70 bits per heavy atom. The van der Waals surface area contributed by atoms with Crippen LogP contribution in [-0.4, -0.2) is 40.0 Å². The van der Waals surface area contributed by atoms with Crippen molar-refractivity contribution in [1.82, 2.24) is 9.62 Å². The van der Waals surface area contributed by atoms with Crippen LogP contribution in [0.25, 0.3) is 0 Å². The molecule has 1 saturated heterocycles. The second kappa shape index (κ2) is 6.30. The van der Waals surface area contributed by atoms with Crippen LogP contribution in [0.3, 0.4) is 0 Å². The number of piperidine rings is 1. The highest BCUT2D eigenvalue weighted by molar-refractivity contribution is 7.89. The molecule has 0 unspecified atom stereocenters. The number of nitrogens with two attached hydrogens (primary N) is 1. The lowest BCUT2D eigenvalue weighted by Gasteiger charge is -2.28. The topological polar surface area (TPSA) is 75.4 Å². The maximum Gasteiger partial charge on any atom is 0.242 e. The highest BCUT2D eigenvalue weighted by Crippen LogP contribution is 2.24. The van der Waals surface area contributed by atoms with Gasteiger partial charge in [-0.2, -0.15) is 0 Å². The van der Waals surface area contributed by atoms with E-state index in [0.29, 0.717) is 18.2 Å². The van der Waals surface area contributed by atoms with E-state index in [0.717, 1.165) is 25.9 Å². The van der Waals surface area contributed by atoms with E-state index in [-0.39, 0.29) is 9.92 Å². The van der Waals surface area contributed by atoms with E-state index in [4.69, 9.17) is 17.3 Å². The number of nitrogen functional groups attached to an aromatic ring is 1. The SMILES string of the molecule is CN1CCC(CNS(=O)(=O)c2cc(N)ccc2Cl)CC1. The van der Waals surface area contributed by atoms with Crippen molar-refractivity contribution in [3.8, 4) is 0 Å². The summed E-state index contributed by atoms with van der Waals surface area (Å²) in [6.45, 7) is 2.46. The first kappa shape index (κ1) is 15.6. The third-order valence-electron chi connectivity index (χ3n) is 3.64. The van der Waals surface area contributed by atoms with Gasteiger partial charge in [-0.15, -0.1) is 0 Å². The first-order chi connectivity index (χ1) is 9.38. The van der Waals surface area contributed by atoms with Crippen molar-refractivity contribution >= 4 is 27.3 Å². The summed E-state index contributed by atoms with van der Waals surface area (Å²) >= 11 is 5.94. The summed E-state index contributed by atoms with van der Waals surface area (Å²) < 4.78 is 27.1. The van der Waals surface area contributed by atoms with Crippen LogP contribution < -0.4 is 10.5 Å². The van der Waals surface area contributed by atoms with Crippen molar-refractivity contribution in [1.29, 1.82) is 0 Å². The molecule has 0 atom stereocenters. The molecule has 0 spiro atoms. The summed E-state index contributed by atoms with van der Waals surface area (Å²) in [6.07, 6.45) is 2.01. The Labute approximate surface area is 125 Å². The first-order valence-electron chi connectivity index (χ1n) is 6.62. The number of hydrogen-bond acceptors (Lipinski definition) is 4. The molecule has 7 heteroatoms. The Balaban J connectivity index is 2.02. The van der Waals surface area contributed by atoms with Gasteiger partial charge in [0, 0.05) is 12.2 Å². The molecule has 0 radical (unpaired) electrons. The maximum atomic E-state index is 12.3. The number of sulfonamides is 1. The molecule has 2 rings (SSSR count). The third kappa shape index (κ3) is 3.85. The number of benzene rings is 1. The lowest BCUT2D eigenvalue weighted by molar-refractivity contribution is 0.220. The molecule has 0 bridgehead atoms. The second-order valence-electron chi connectivity index (χ2n) is 5.29. The van der Waals surface area contributed by atoms with Gasteiger partial charge in [0.2, 0.25) is 10.0 Å². The lowest BCUT2D eigenvalue weighted by Crippen LogP contribution is -2.36. The summed E-state index contributed by atoms with van der Waals surface area (Å²) in [5, 5.41) is 0.190. The van der Waals surface area contributed by atoms with Crippen LogP contribution in [0.15, 0.2) is 23.1 Å². The normalized spacial score (nSPS) is 18.3. The van der Waals surface area contributed by atoms with Crippen LogP contribution in [0, 0.1) is 5.92 Å². The van der Waals surface area contributed by atoms with E-state index in [1.165, 1.54) is 12.1 Å². The third-order valence-corrected chi connectivity index (χ3v) is 5.55. The van der Waals surface area contributed by atoms with Crippen LogP contribution in [-0.2, 0) is 10.0 Å². The molecule has 5 nitrogen and oxygen atoms in total. The molecule has 1 aliphatic heterocycles. The Morgan fingerprint density at radius 2 is 2.05 bits per heavy atom. The van der Waals surface area contributed by atoms with E-state index < -0.39 is 10.0 Å². The van der Waals surface area contributed by atoms with Gasteiger partial charge in [0.25, 0.3) is 0 Å². The van der Waals surface area contributed by atoms with Crippen molar-refractivity contribution < 1.29 is 8.42 Å². The second-order valence-corrected chi connectivity index (χ2v) is 7.43. The largest absolute Gasteiger partial charge is 0.399 e. The zero-order valence-electron chi connectivity index (χ0n) is 11.5. The fourth-order valence-corrected chi connectivity index (χ4v) is 3.95. The monoisotopic (exact) mass is 317 g/mol. The quantitative estimate of drug-likeness (QED) is 0.826. The van der Waals surface area contributed by atoms with Crippen molar-refractivity contribution in [2.45, 2.75) is 17.7 Å². The highest BCUT2D eigenvalue weighted by atomic mass is 35.5. The summed E-state index contributed by atoms with van der Waals surface area (Å²) in [5.41, 5.74) is 6.01. The van der Waals surface area contributed by atoms with E-state index in [9.17, 15) is 8.42 Å². The van der Waals surface area contributed by atoms with Gasteiger partial charge in [-0.25, -0.2) is 13.1 Å². The number of hydrogen-bond donors (Lipinski definition) is 2. The van der Waals surface area contributed by atoms with Crippen molar-refractivity contribution in [3.05, 3.63) is 23.2 Å². The molecule has 1 aliphatic rings. The van der Waals surface area contributed by atoms with Gasteiger partial charge < -0.3 is 10.6 Å². The molecule has 1 aromatic rings. The zero-order valence-corrected chi connectivity index (χ0v) is 13.0. The van der Waals surface area contributed by atoms with Gasteiger partial charge in [-0.1, -0.05) is 11.6 Å². The van der Waals surface area contributed by atoms with Crippen LogP contribution in [0.4, 0.5) is 5.69 Å². The minimum Gasteiger partial charge on any atom is -0.399 e. The Morgan fingerprint density at radius 1 is 1.40 bits per heavy atom. The molecule has 0 aromatic heterocycles. The fourth-order valence-electron chi connectivity index (χ4n) is 2.30. The van der Waals surface area contributed by atoms with E-state index in [1.54, 1.807) is 6.07 Å². The molecule has 0 amide bonds. The van der Waals surface area contributed by atoms with Crippen LogP contribution in [0.1, 0.15) is 12.8 Å². The predicted octanol–water partition coefficient (Wildman–Crippen LogP) is 1.54. The van der Waals surface area contributed by atoms with Crippen molar-refractivity contribution in [2.75, 3.05) is 32.4 Å². The molecule has 0 aliphatic carbocycles. The first-order valence-corrected chi connectivity index (χ1v) is 8.48. The molecular weight excluding hydrogens is 298 g/mol. The zero-order chi connectivity index (χ0) is 14.8. The molecule has 20 heavy (non-hydrogen) atoms. The number of anilines is 1. The lowest BCUT2D eigenvalue weighted by atomic mass is 9.98. The van der Waals surface area contributed by atoms with Gasteiger partial charge in [0.05, 0.1) is 5.02 Å². The molecule has 3 N–H and O–H groups in total. The predicted molar refractivity (Wildman–Crippen MR) is 81.3 cm³/mol. The number of halogens is 1. The maximum absolute atomic E-state index is 12.3. The van der Waals surface area contributed by atoms with Gasteiger partial charge >= 0.3 is 0 Å². The number of likely N-dealkylation sites (tertiary alicyclic amines) is 1. The van der Waals surface area contributed by atoms with Crippen molar-refractivity contribution in [2.24, 2.45) is 5.92 Å². The summed E-state index contributed by atoms with van der Waals surface area (Å²) in [5.74, 6) is 0.376. The van der Waals surface area contributed by atoms with Crippen molar-refractivity contribution in [3.63, 3.8) is 0 Å². The van der Waals surface area contributed by atoms with Crippen LogP contribution >= 0.6 is 11.6 Å². The smallest absolute Gasteiger partial charge is 0.242 e. The Bertz CT molecular complexity index is 569. The van der Waals surface area contributed by atoms with E-state index >= 15 is 0 Å². The highest BCUT2D eigenvalue weighted by Gasteiger charge is 2.22. The van der Waals surface area contributed by atoms with Gasteiger partial charge in [0.15, 0.2) is 0 Å². The molecule has 1 heterocycles.